The van der Waals surface area contributed by atoms with E-state index in [0.29, 0.717) is 32.3 Å². The van der Waals surface area contributed by atoms with Crippen molar-refractivity contribution in [3.63, 3.8) is 0 Å². The van der Waals surface area contributed by atoms with Gasteiger partial charge in [0.15, 0.2) is 5.60 Å². The Bertz CT molecular complexity index is 1090. The number of aromatic nitrogens is 3. The van der Waals surface area contributed by atoms with Gasteiger partial charge in [0.05, 0.1) is 13.8 Å². The number of esters is 1. The van der Waals surface area contributed by atoms with Crippen molar-refractivity contribution in [1.29, 1.82) is 0 Å². The molecule has 0 amide bonds. The van der Waals surface area contributed by atoms with Crippen molar-refractivity contribution in [3.05, 3.63) is 50.7 Å². The van der Waals surface area contributed by atoms with Crippen molar-refractivity contribution in [2.45, 2.75) is 65.0 Å². The molecule has 12 heteroatoms. The average Bonchev–Trinajstić information content (AvgIpc) is 2.83. The van der Waals surface area contributed by atoms with Gasteiger partial charge in [-0.3, -0.25) is 13.8 Å². The first-order valence-corrected chi connectivity index (χ1v) is 11.6. The van der Waals surface area contributed by atoms with Gasteiger partial charge in [-0.05, 0) is 57.7 Å². The molecule has 2 rings (SSSR count). The Labute approximate surface area is 208 Å². The number of rotatable bonds is 13. The minimum Gasteiger partial charge on any atom is -0.476 e. The maximum atomic E-state index is 12.5. The van der Waals surface area contributed by atoms with Gasteiger partial charge in [0.1, 0.15) is 5.75 Å². The molecule has 36 heavy (non-hydrogen) atoms. The Balaban J connectivity index is 0.00000316. The summed E-state index contributed by atoms with van der Waals surface area (Å²) < 4.78 is 47.1. The Morgan fingerprint density at radius 3 is 2.53 bits per heavy atom. The third-order valence-corrected chi connectivity index (χ3v) is 4.98. The first-order valence-electron chi connectivity index (χ1n) is 11.6. The number of ether oxygens (including phenoxy) is 2. The molecule has 1 heterocycles. The van der Waals surface area contributed by atoms with Crippen molar-refractivity contribution in [2.75, 3.05) is 25.6 Å². The third-order valence-electron chi connectivity index (χ3n) is 4.98. The van der Waals surface area contributed by atoms with E-state index in [-0.39, 0.29) is 31.8 Å². The third kappa shape index (κ3) is 9.38. The van der Waals surface area contributed by atoms with Crippen LogP contribution in [0.5, 0.6) is 5.75 Å². The predicted molar refractivity (Wildman–Crippen MR) is 131 cm³/mol. The molecule has 0 saturated heterocycles. The average molecular weight is 517 g/mol. The Morgan fingerprint density at radius 2 is 1.89 bits per heavy atom. The van der Waals surface area contributed by atoms with Gasteiger partial charge < -0.3 is 14.8 Å². The fourth-order valence-electron chi connectivity index (χ4n) is 3.24. The van der Waals surface area contributed by atoms with Gasteiger partial charge in [-0.15, -0.1) is 5.10 Å². The van der Waals surface area contributed by atoms with Gasteiger partial charge in [-0.1, -0.05) is 12.1 Å². The molecule has 0 aliphatic carbocycles. The summed E-state index contributed by atoms with van der Waals surface area (Å²) in [5, 5.41) is 6.88. The van der Waals surface area contributed by atoms with E-state index in [1.54, 1.807) is 26.8 Å². The van der Waals surface area contributed by atoms with Crippen LogP contribution in [0, 0.1) is 0 Å². The molecule has 0 aliphatic rings. The van der Waals surface area contributed by atoms with Crippen LogP contribution in [0.25, 0.3) is 0 Å². The summed E-state index contributed by atoms with van der Waals surface area (Å²) in [5.74, 6) is 0.0802. The molecule has 0 aliphatic heterocycles. The van der Waals surface area contributed by atoms with Crippen LogP contribution in [0.2, 0.25) is 0 Å². The highest BCUT2D eigenvalue weighted by Gasteiger charge is 2.31. The van der Waals surface area contributed by atoms with Crippen molar-refractivity contribution >= 4 is 11.8 Å². The molecule has 1 aromatic carbocycles. The Morgan fingerprint density at radius 1 is 1.19 bits per heavy atom. The number of nitrogens with one attached hydrogen (secondary N) is 1. The van der Waals surface area contributed by atoms with Crippen LogP contribution in [0.3, 0.4) is 0 Å². The highest BCUT2D eigenvalue weighted by atomic mass is 19.3. The molecule has 0 bridgehead atoms. The van der Waals surface area contributed by atoms with Crippen molar-refractivity contribution in [3.8, 4) is 5.75 Å². The zero-order valence-corrected chi connectivity index (χ0v) is 21.4. The normalized spacial score (nSPS) is 11.0. The van der Waals surface area contributed by atoms with E-state index in [0.717, 1.165) is 14.8 Å². The second kappa shape index (κ2) is 14.9. The maximum absolute atomic E-state index is 12.5. The molecule has 0 radical (unpaired) electrons. The zero-order chi connectivity index (χ0) is 27.3. The minimum atomic E-state index is -2.49. The van der Waals surface area contributed by atoms with Gasteiger partial charge in [0.25, 0.3) is 5.56 Å². The predicted octanol–water partition coefficient (Wildman–Crippen LogP) is 3.34. The summed E-state index contributed by atoms with van der Waals surface area (Å²) in [6, 6.07) is 7.34. The SMILES string of the molecule is CCOC(=O)C(C)(C)Oc1cccc(CCCNc2nn(C)c(=O)n(CCCC(F)F)c2=O)c1.CF. The first-order chi connectivity index (χ1) is 17.0. The number of aryl methyl sites for hydroxylation is 2. The number of carbonyl (C=O) groups excluding carboxylic acids is 1. The topological polar surface area (TPSA) is 104 Å². The molecule has 0 fully saturated rings. The summed E-state index contributed by atoms with van der Waals surface area (Å²) in [4.78, 5) is 36.7. The summed E-state index contributed by atoms with van der Waals surface area (Å²) in [6.07, 6.45) is -1.57. The second-order valence-corrected chi connectivity index (χ2v) is 8.26. The zero-order valence-electron chi connectivity index (χ0n) is 21.4. The monoisotopic (exact) mass is 516 g/mol. The lowest BCUT2D eigenvalue weighted by molar-refractivity contribution is -0.158. The molecule has 1 N–H and O–H groups in total. The van der Waals surface area contributed by atoms with E-state index in [1.807, 2.05) is 18.2 Å². The Kier molecular flexibility index (Phi) is 12.8. The summed E-state index contributed by atoms with van der Waals surface area (Å²) in [7, 11) is 1.90. The lowest BCUT2D eigenvalue weighted by Gasteiger charge is -2.24. The highest BCUT2D eigenvalue weighted by molar-refractivity contribution is 5.79. The Hall–Kier alpha value is -3.31. The van der Waals surface area contributed by atoms with Crippen LogP contribution in [0.1, 0.15) is 45.6 Å². The van der Waals surface area contributed by atoms with E-state index in [9.17, 15) is 27.6 Å². The number of carbonyl (C=O) groups is 1. The summed E-state index contributed by atoms with van der Waals surface area (Å²) in [5.41, 5.74) is -1.43. The van der Waals surface area contributed by atoms with Crippen molar-refractivity contribution < 1.29 is 27.4 Å². The molecule has 0 spiro atoms. The van der Waals surface area contributed by atoms with Crippen LogP contribution >= 0.6 is 0 Å². The molecular weight excluding hydrogens is 481 g/mol. The van der Waals surface area contributed by atoms with Crippen LogP contribution in [0.4, 0.5) is 19.0 Å². The molecule has 0 saturated carbocycles. The summed E-state index contributed by atoms with van der Waals surface area (Å²) in [6.45, 7) is 5.59. The van der Waals surface area contributed by atoms with E-state index < -0.39 is 29.2 Å². The number of hydrogen-bond acceptors (Lipinski definition) is 7. The molecule has 1 aromatic heterocycles. The van der Waals surface area contributed by atoms with E-state index in [1.165, 1.54) is 7.05 Å². The standard InChI is InChI=1S/C23H32F2N4O5.CH3F/c1-5-33-21(31)23(2,3)34-17-11-6-9-16(15-17)10-7-13-26-19-20(30)29(14-8-12-18(24)25)22(32)28(4)27-19;1-2/h6,9,11,15,18H,5,7-8,10,12-14H2,1-4H3,(H,26,27);1H3. The number of halogens is 3. The fraction of sp³-hybridized carbons (Fsp3) is 0.583. The van der Waals surface area contributed by atoms with E-state index >= 15 is 0 Å². The maximum Gasteiger partial charge on any atom is 0.349 e. The minimum absolute atomic E-state index is 0.00702. The fourth-order valence-corrected chi connectivity index (χ4v) is 3.24. The number of hydrogen-bond donors (Lipinski definition) is 1. The number of alkyl halides is 3. The van der Waals surface area contributed by atoms with E-state index in [2.05, 4.69) is 10.4 Å². The quantitative estimate of drug-likeness (QED) is 0.322. The number of benzene rings is 1. The molecular formula is C24H35F3N4O5. The van der Waals surface area contributed by atoms with Gasteiger partial charge in [0, 0.05) is 26.6 Å². The second-order valence-electron chi connectivity index (χ2n) is 8.26. The number of nitrogens with zero attached hydrogens (tertiary/aromatic N) is 3. The van der Waals surface area contributed by atoms with Crippen LogP contribution in [0.15, 0.2) is 33.9 Å². The molecule has 9 nitrogen and oxygen atoms in total. The van der Waals surface area contributed by atoms with E-state index in [4.69, 9.17) is 9.47 Å². The van der Waals surface area contributed by atoms with Gasteiger partial charge in [-0.2, -0.15) is 0 Å². The number of anilines is 1. The lowest BCUT2D eigenvalue weighted by Crippen LogP contribution is -2.42. The first kappa shape index (κ1) is 30.7. The van der Waals surface area contributed by atoms with Gasteiger partial charge in [-0.25, -0.2) is 23.1 Å². The van der Waals surface area contributed by atoms with Crippen molar-refractivity contribution in [2.24, 2.45) is 7.05 Å². The lowest BCUT2D eigenvalue weighted by atomic mass is 10.1. The molecule has 2 aromatic rings. The highest BCUT2D eigenvalue weighted by Crippen LogP contribution is 2.21. The molecule has 0 unspecified atom stereocenters. The van der Waals surface area contributed by atoms with Crippen LogP contribution < -0.4 is 21.3 Å². The van der Waals surface area contributed by atoms with Gasteiger partial charge >= 0.3 is 11.7 Å². The van der Waals surface area contributed by atoms with Crippen LogP contribution in [-0.2, 0) is 29.5 Å². The largest absolute Gasteiger partial charge is 0.476 e. The smallest absolute Gasteiger partial charge is 0.349 e. The van der Waals surface area contributed by atoms with Crippen molar-refractivity contribution in [1.82, 2.24) is 14.3 Å². The summed E-state index contributed by atoms with van der Waals surface area (Å²) >= 11 is 0. The van der Waals surface area contributed by atoms with Gasteiger partial charge in [0.2, 0.25) is 12.2 Å². The molecule has 0 atom stereocenters. The van der Waals surface area contributed by atoms with Crippen LogP contribution in [-0.4, -0.2) is 52.7 Å². The molecule has 202 valence electrons.